The standard InChI is InChI=1S/C34H47N5O5/c1-5-38-17-19-39(20-18-38)34(43)28-15-16-31(40)35-29(21-24(2)3)33(42)37(4)26(22-25-11-7-6-8-12-25)23-44-30-14-10-9-13-27(30)32(41)36-28/h6-14,24,26,28-29H,5,15-23H2,1-4H3,(H,35,40)(H,36,41)/t26-,28+,29+/m1/s1. The molecule has 0 bridgehead atoms. The lowest BCUT2D eigenvalue weighted by molar-refractivity contribution is -0.138. The number of likely N-dealkylation sites (N-methyl/N-ethyl adjacent to an activating group) is 2. The van der Waals surface area contributed by atoms with Gasteiger partial charge >= 0.3 is 0 Å². The molecule has 4 rings (SSSR count). The van der Waals surface area contributed by atoms with Crippen LogP contribution in [0.15, 0.2) is 54.6 Å². The Morgan fingerprint density at radius 3 is 2.32 bits per heavy atom. The zero-order valence-corrected chi connectivity index (χ0v) is 26.5. The third-order valence-electron chi connectivity index (χ3n) is 8.51. The van der Waals surface area contributed by atoms with E-state index in [-0.39, 0.29) is 49.1 Å². The van der Waals surface area contributed by atoms with Crippen LogP contribution in [0.5, 0.6) is 5.75 Å². The Morgan fingerprint density at radius 1 is 0.955 bits per heavy atom. The molecule has 10 heteroatoms. The van der Waals surface area contributed by atoms with E-state index in [2.05, 4.69) is 22.5 Å². The molecule has 0 spiro atoms. The normalized spacial score (nSPS) is 22.8. The van der Waals surface area contributed by atoms with Crippen molar-refractivity contribution in [3.8, 4) is 5.75 Å². The van der Waals surface area contributed by atoms with Crippen LogP contribution in [-0.2, 0) is 20.8 Å². The largest absolute Gasteiger partial charge is 0.491 e. The highest BCUT2D eigenvalue weighted by Gasteiger charge is 2.33. The second-order valence-corrected chi connectivity index (χ2v) is 12.2. The lowest BCUT2D eigenvalue weighted by Crippen LogP contribution is -2.55. The lowest BCUT2D eigenvalue weighted by Gasteiger charge is -2.36. The van der Waals surface area contributed by atoms with Gasteiger partial charge in [0.1, 0.15) is 24.4 Å². The van der Waals surface area contributed by atoms with Crippen LogP contribution >= 0.6 is 0 Å². The molecule has 4 amide bonds. The molecule has 1 saturated heterocycles. The van der Waals surface area contributed by atoms with Crippen molar-refractivity contribution in [3.63, 3.8) is 0 Å². The van der Waals surface area contributed by atoms with Crippen LogP contribution in [0.3, 0.4) is 0 Å². The van der Waals surface area contributed by atoms with Gasteiger partial charge in [0.25, 0.3) is 5.91 Å². The average molecular weight is 606 g/mol. The summed E-state index contributed by atoms with van der Waals surface area (Å²) in [6.07, 6.45) is 1.10. The van der Waals surface area contributed by atoms with Crippen molar-refractivity contribution in [3.05, 3.63) is 65.7 Å². The molecule has 0 unspecified atom stereocenters. The van der Waals surface area contributed by atoms with Gasteiger partial charge in [-0.1, -0.05) is 63.2 Å². The number of ether oxygens (including phenoxy) is 1. The van der Waals surface area contributed by atoms with E-state index in [1.807, 2.05) is 44.2 Å². The quantitative estimate of drug-likeness (QED) is 0.524. The molecule has 0 saturated carbocycles. The maximum Gasteiger partial charge on any atom is 0.255 e. The first-order valence-electron chi connectivity index (χ1n) is 15.8. The van der Waals surface area contributed by atoms with E-state index in [4.69, 9.17) is 4.74 Å². The molecule has 2 heterocycles. The molecule has 0 aromatic heterocycles. The van der Waals surface area contributed by atoms with Crippen molar-refractivity contribution in [1.82, 2.24) is 25.3 Å². The van der Waals surface area contributed by atoms with Gasteiger partial charge in [0.2, 0.25) is 17.7 Å². The number of hydrogen-bond acceptors (Lipinski definition) is 6. The molecule has 44 heavy (non-hydrogen) atoms. The van der Waals surface area contributed by atoms with Gasteiger partial charge in [-0.15, -0.1) is 0 Å². The lowest BCUT2D eigenvalue weighted by atomic mass is 10.00. The van der Waals surface area contributed by atoms with Crippen LogP contribution in [0.4, 0.5) is 0 Å². The summed E-state index contributed by atoms with van der Waals surface area (Å²) in [5, 5.41) is 5.86. The van der Waals surface area contributed by atoms with Crippen LogP contribution in [0.2, 0.25) is 0 Å². The molecule has 10 nitrogen and oxygen atoms in total. The topological polar surface area (TPSA) is 111 Å². The van der Waals surface area contributed by atoms with Gasteiger partial charge in [-0.2, -0.15) is 0 Å². The first-order valence-corrected chi connectivity index (χ1v) is 15.8. The van der Waals surface area contributed by atoms with E-state index in [0.717, 1.165) is 25.2 Å². The van der Waals surface area contributed by atoms with E-state index < -0.39 is 18.0 Å². The predicted octanol–water partition coefficient (Wildman–Crippen LogP) is 2.72. The Bertz CT molecular complexity index is 1280. The van der Waals surface area contributed by atoms with Crippen LogP contribution < -0.4 is 15.4 Å². The maximum atomic E-state index is 13.9. The highest BCUT2D eigenvalue weighted by atomic mass is 16.5. The number of hydrogen-bond donors (Lipinski definition) is 2. The van der Waals surface area contributed by atoms with Gasteiger partial charge < -0.3 is 30.1 Å². The number of carbonyl (C=O) groups is 4. The van der Waals surface area contributed by atoms with Crippen molar-refractivity contribution in [2.45, 2.75) is 64.6 Å². The number of para-hydroxylation sites is 1. The van der Waals surface area contributed by atoms with Gasteiger partial charge in [-0.25, -0.2) is 0 Å². The fourth-order valence-electron chi connectivity index (χ4n) is 5.82. The van der Waals surface area contributed by atoms with Crippen LogP contribution in [-0.4, -0.2) is 103 Å². The summed E-state index contributed by atoms with van der Waals surface area (Å²) in [6, 6.07) is 14.8. The summed E-state index contributed by atoms with van der Waals surface area (Å²) in [5.74, 6) is -0.646. The van der Waals surface area contributed by atoms with Gasteiger partial charge in [-0.3, -0.25) is 19.2 Å². The Hall–Kier alpha value is -3.92. The van der Waals surface area contributed by atoms with Crippen LogP contribution in [0.25, 0.3) is 0 Å². The summed E-state index contributed by atoms with van der Waals surface area (Å²) in [7, 11) is 1.74. The zero-order chi connectivity index (χ0) is 31.6. The van der Waals surface area contributed by atoms with E-state index in [1.54, 1.807) is 41.1 Å². The summed E-state index contributed by atoms with van der Waals surface area (Å²) in [4.78, 5) is 60.2. The molecule has 0 aliphatic carbocycles. The molecule has 2 aromatic rings. The van der Waals surface area contributed by atoms with E-state index in [1.165, 1.54) is 0 Å². The molecule has 1 fully saturated rings. The van der Waals surface area contributed by atoms with E-state index in [0.29, 0.717) is 37.2 Å². The zero-order valence-electron chi connectivity index (χ0n) is 26.5. The monoisotopic (exact) mass is 605 g/mol. The van der Waals surface area contributed by atoms with Gasteiger partial charge in [0.15, 0.2) is 0 Å². The SMILES string of the molecule is CCN1CCN(C(=O)[C@@H]2CCC(=O)N[C@@H](CC(C)C)C(=O)N(C)[C@H](Cc3ccccc3)COc3ccccc3C(=O)N2)CC1. The number of amides is 4. The van der Waals surface area contributed by atoms with Crippen molar-refractivity contribution in [1.29, 1.82) is 0 Å². The van der Waals surface area contributed by atoms with Gasteiger partial charge in [0.05, 0.1) is 11.6 Å². The van der Waals surface area contributed by atoms with Gasteiger partial charge in [-0.05, 0) is 49.4 Å². The molecule has 238 valence electrons. The Labute approximate surface area is 261 Å². The number of nitrogens with one attached hydrogen (secondary N) is 2. The van der Waals surface area contributed by atoms with Crippen molar-refractivity contribution >= 4 is 23.6 Å². The molecule has 3 atom stereocenters. The first kappa shape index (κ1) is 33.0. The summed E-state index contributed by atoms with van der Waals surface area (Å²) in [6.45, 7) is 9.81. The van der Waals surface area contributed by atoms with E-state index >= 15 is 0 Å². The Kier molecular flexibility index (Phi) is 11.8. The van der Waals surface area contributed by atoms with Crippen LogP contribution in [0, 0.1) is 5.92 Å². The minimum absolute atomic E-state index is 0.0111. The smallest absolute Gasteiger partial charge is 0.255 e. The van der Waals surface area contributed by atoms with E-state index in [9.17, 15) is 19.2 Å². The maximum absolute atomic E-state index is 13.9. The third kappa shape index (κ3) is 8.81. The molecule has 2 N–H and O–H groups in total. The summed E-state index contributed by atoms with van der Waals surface area (Å²) in [5.41, 5.74) is 1.33. The number of rotatable bonds is 6. The fraction of sp³-hybridized carbons (Fsp3) is 0.529. The highest BCUT2D eigenvalue weighted by molar-refractivity contribution is 6.00. The number of benzene rings is 2. The second kappa shape index (κ2) is 15.7. The summed E-state index contributed by atoms with van der Waals surface area (Å²) >= 11 is 0. The molecule has 2 aliphatic heterocycles. The number of nitrogens with zero attached hydrogens (tertiary/aromatic N) is 3. The second-order valence-electron chi connectivity index (χ2n) is 12.2. The summed E-state index contributed by atoms with van der Waals surface area (Å²) < 4.78 is 6.27. The number of carbonyl (C=O) groups excluding carboxylic acids is 4. The van der Waals surface area contributed by atoms with Crippen molar-refractivity contribution in [2.75, 3.05) is 46.4 Å². The van der Waals surface area contributed by atoms with Crippen molar-refractivity contribution in [2.24, 2.45) is 5.92 Å². The molecule has 2 aliphatic rings. The number of fused-ring (bicyclic) bond motifs is 1. The Morgan fingerprint density at radius 2 is 1.64 bits per heavy atom. The molecule has 2 aromatic carbocycles. The number of piperazine rings is 1. The van der Waals surface area contributed by atoms with Gasteiger partial charge in [0, 0.05) is 39.6 Å². The third-order valence-corrected chi connectivity index (χ3v) is 8.51. The first-order chi connectivity index (χ1) is 21.2. The Balaban J connectivity index is 1.65. The van der Waals surface area contributed by atoms with Crippen molar-refractivity contribution < 1.29 is 23.9 Å². The minimum Gasteiger partial charge on any atom is -0.491 e. The predicted molar refractivity (Wildman–Crippen MR) is 169 cm³/mol. The average Bonchev–Trinajstić information content (AvgIpc) is 3.03. The molecular weight excluding hydrogens is 558 g/mol. The molecular formula is C34H47N5O5. The minimum atomic E-state index is -0.896. The highest BCUT2D eigenvalue weighted by Crippen LogP contribution is 2.21. The molecule has 0 radical (unpaired) electrons. The fourth-order valence-corrected chi connectivity index (χ4v) is 5.82. The van der Waals surface area contributed by atoms with Crippen LogP contribution in [0.1, 0.15) is 56.0 Å².